The Morgan fingerprint density at radius 1 is 0.967 bits per heavy atom. The molecule has 0 saturated carbocycles. The highest BCUT2D eigenvalue weighted by Crippen LogP contribution is 2.33. The van der Waals surface area contributed by atoms with Crippen LogP contribution in [0.2, 0.25) is 0 Å². The normalized spacial score (nSPS) is 15.0. The van der Waals surface area contributed by atoms with E-state index >= 15 is 0 Å². The van der Waals surface area contributed by atoms with Crippen LogP contribution >= 0.6 is 0 Å². The third-order valence-electron chi connectivity index (χ3n) is 5.34. The molecule has 0 amide bonds. The topological polar surface area (TPSA) is 72.6 Å². The average Bonchev–Trinajstić information content (AvgIpc) is 3.01. The average molecular weight is 427 g/mol. The van der Waals surface area contributed by atoms with E-state index in [1.165, 1.54) is 0 Å². The number of hydrogen-bond donors (Lipinski definition) is 0. The molecular weight excluding hydrogens is 400 g/mol. The Hall–Kier alpha value is -2.80. The van der Waals surface area contributed by atoms with Crippen LogP contribution in [0.5, 0.6) is 5.75 Å². The fraction of sp³-hybridized carbons (Fsp3) is 0.348. The number of nitrogens with zero attached hydrogens (tertiary/aromatic N) is 2. The SMILES string of the molecule is COc1ccc(S(=O)(=O)c2nc(Cc3ccccc3)oc2N2CCCCCC2)cc1. The van der Waals surface area contributed by atoms with Crippen molar-refractivity contribution in [3.05, 3.63) is 66.1 Å². The van der Waals surface area contributed by atoms with Crippen LogP contribution in [-0.4, -0.2) is 33.6 Å². The third-order valence-corrected chi connectivity index (χ3v) is 7.01. The summed E-state index contributed by atoms with van der Waals surface area (Å²) in [7, 11) is -2.28. The van der Waals surface area contributed by atoms with Crippen LogP contribution in [0.1, 0.15) is 37.1 Å². The predicted molar refractivity (Wildman–Crippen MR) is 115 cm³/mol. The summed E-state index contributed by atoms with van der Waals surface area (Å²) < 4.78 is 38.1. The summed E-state index contributed by atoms with van der Waals surface area (Å²) in [5, 5.41) is 0.000461. The lowest BCUT2D eigenvalue weighted by atomic mass is 10.2. The molecule has 0 N–H and O–H groups in total. The van der Waals surface area contributed by atoms with E-state index in [1.54, 1.807) is 31.4 Å². The highest BCUT2D eigenvalue weighted by Gasteiger charge is 2.31. The molecule has 0 unspecified atom stereocenters. The monoisotopic (exact) mass is 426 g/mol. The molecular formula is C23H26N2O4S. The Balaban J connectivity index is 1.75. The molecule has 1 aromatic heterocycles. The Morgan fingerprint density at radius 2 is 1.63 bits per heavy atom. The molecule has 0 radical (unpaired) electrons. The second-order valence-electron chi connectivity index (χ2n) is 7.46. The number of ether oxygens (including phenoxy) is 1. The fourth-order valence-electron chi connectivity index (χ4n) is 3.70. The maximum Gasteiger partial charge on any atom is 0.236 e. The molecule has 158 valence electrons. The van der Waals surface area contributed by atoms with Gasteiger partial charge in [-0.2, -0.15) is 4.98 Å². The van der Waals surface area contributed by atoms with Gasteiger partial charge >= 0.3 is 0 Å². The molecule has 2 heterocycles. The first-order valence-electron chi connectivity index (χ1n) is 10.3. The van der Waals surface area contributed by atoms with Crippen molar-refractivity contribution in [2.24, 2.45) is 0 Å². The molecule has 6 nitrogen and oxygen atoms in total. The molecule has 4 rings (SSSR count). The molecule has 2 aromatic carbocycles. The van der Waals surface area contributed by atoms with Crippen LogP contribution in [0.15, 0.2) is 68.9 Å². The molecule has 1 fully saturated rings. The van der Waals surface area contributed by atoms with E-state index in [0.29, 0.717) is 23.9 Å². The van der Waals surface area contributed by atoms with Crippen molar-refractivity contribution >= 4 is 15.7 Å². The molecule has 3 aromatic rings. The van der Waals surface area contributed by atoms with Crippen molar-refractivity contribution in [2.75, 3.05) is 25.1 Å². The standard InChI is InChI=1S/C23H26N2O4S/c1-28-19-11-13-20(14-12-19)30(26,27)22-23(25-15-7-2-3-8-16-25)29-21(24-22)17-18-9-5-4-6-10-18/h4-6,9-14H,2-3,7-8,15-17H2,1H3. The van der Waals surface area contributed by atoms with Crippen LogP contribution in [0.4, 0.5) is 5.88 Å². The lowest BCUT2D eigenvalue weighted by molar-refractivity contribution is 0.414. The summed E-state index contributed by atoms with van der Waals surface area (Å²) >= 11 is 0. The summed E-state index contributed by atoms with van der Waals surface area (Å²) in [5.41, 5.74) is 1.02. The molecule has 1 aliphatic heterocycles. The van der Waals surface area contributed by atoms with Crippen molar-refractivity contribution in [1.82, 2.24) is 4.98 Å². The van der Waals surface area contributed by atoms with Gasteiger partial charge in [-0.3, -0.25) is 0 Å². The molecule has 7 heteroatoms. The van der Waals surface area contributed by atoms with Gasteiger partial charge in [-0.25, -0.2) is 8.42 Å². The summed E-state index contributed by atoms with van der Waals surface area (Å²) in [6.07, 6.45) is 4.75. The number of sulfone groups is 1. The molecule has 30 heavy (non-hydrogen) atoms. The third kappa shape index (κ3) is 4.36. The van der Waals surface area contributed by atoms with Gasteiger partial charge < -0.3 is 14.1 Å². The van der Waals surface area contributed by atoms with Gasteiger partial charge in [0.2, 0.25) is 26.6 Å². The number of rotatable bonds is 6. The minimum atomic E-state index is -3.83. The van der Waals surface area contributed by atoms with Crippen LogP contribution in [0.25, 0.3) is 0 Å². The number of aromatic nitrogens is 1. The molecule has 0 aliphatic carbocycles. The fourth-order valence-corrected chi connectivity index (χ4v) is 5.04. The zero-order valence-electron chi connectivity index (χ0n) is 17.1. The number of anilines is 1. The van der Waals surface area contributed by atoms with Crippen LogP contribution in [-0.2, 0) is 16.3 Å². The second kappa shape index (κ2) is 8.92. The summed E-state index contributed by atoms with van der Waals surface area (Å²) in [5.74, 6) is 1.37. The van der Waals surface area contributed by atoms with E-state index < -0.39 is 9.84 Å². The van der Waals surface area contributed by atoms with E-state index in [9.17, 15) is 8.42 Å². The van der Waals surface area contributed by atoms with Gasteiger partial charge in [0.05, 0.1) is 12.0 Å². The maximum atomic E-state index is 13.5. The van der Waals surface area contributed by atoms with Gasteiger partial charge in [0, 0.05) is 19.5 Å². The summed E-state index contributed by atoms with van der Waals surface area (Å²) in [6, 6.07) is 16.2. The van der Waals surface area contributed by atoms with Gasteiger partial charge in [0.1, 0.15) is 5.75 Å². The molecule has 0 atom stereocenters. The Bertz CT molecular complexity index is 1070. The minimum Gasteiger partial charge on any atom is -0.497 e. The van der Waals surface area contributed by atoms with Crippen molar-refractivity contribution in [3.8, 4) is 5.75 Å². The highest BCUT2D eigenvalue weighted by atomic mass is 32.2. The molecule has 0 bridgehead atoms. The van der Waals surface area contributed by atoms with Gasteiger partial charge in [-0.1, -0.05) is 43.2 Å². The maximum absolute atomic E-state index is 13.5. The molecule has 0 spiro atoms. The van der Waals surface area contributed by atoms with E-state index in [4.69, 9.17) is 9.15 Å². The van der Waals surface area contributed by atoms with Crippen molar-refractivity contribution in [1.29, 1.82) is 0 Å². The van der Waals surface area contributed by atoms with E-state index in [-0.39, 0.29) is 9.92 Å². The van der Waals surface area contributed by atoms with Gasteiger partial charge in [-0.05, 0) is 42.7 Å². The first-order valence-corrected chi connectivity index (χ1v) is 11.7. The number of oxazole rings is 1. The van der Waals surface area contributed by atoms with E-state index in [1.807, 2.05) is 35.2 Å². The second-order valence-corrected chi connectivity index (χ2v) is 9.33. The van der Waals surface area contributed by atoms with Gasteiger partial charge in [0.15, 0.2) is 0 Å². The largest absolute Gasteiger partial charge is 0.497 e. The first-order chi connectivity index (χ1) is 14.6. The van der Waals surface area contributed by atoms with Crippen molar-refractivity contribution in [2.45, 2.75) is 42.0 Å². The quantitative estimate of drug-likeness (QED) is 0.578. The Labute approximate surface area is 177 Å². The Kier molecular flexibility index (Phi) is 6.08. The zero-order valence-corrected chi connectivity index (χ0v) is 17.9. The number of methoxy groups -OCH3 is 1. The van der Waals surface area contributed by atoms with Crippen molar-refractivity contribution in [3.63, 3.8) is 0 Å². The van der Waals surface area contributed by atoms with Crippen molar-refractivity contribution < 1.29 is 17.6 Å². The predicted octanol–water partition coefficient (Wildman–Crippen LogP) is 4.49. The smallest absolute Gasteiger partial charge is 0.236 e. The van der Waals surface area contributed by atoms with E-state index in [0.717, 1.165) is 44.3 Å². The van der Waals surface area contributed by atoms with Gasteiger partial charge in [-0.15, -0.1) is 0 Å². The lowest BCUT2D eigenvalue weighted by Crippen LogP contribution is -2.25. The molecule has 1 aliphatic rings. The summed E-state index contributed by atoms with van der Waals surface area (Å²) in [4.78, 5) is 6.69. The highest BCUT2D eigenvalue weighted by molar-refractivity contribution is 7.91. The number of hydrogen-bond acceptors (Lipinski definition) is 6. The van der Waals surface area contributed by atoms with Crippen LogP contribution < -0.4 is 9.64 Å². The van der Waals surface area contributed by atoms with Gasteiger partial charge in [0.25, 0.3) is 0 Å². The lowest BCUT2D eigenvalue weighted by Gasteiger charge is -2.20. The first kappa shape index (κ1) is 20.5. The number of benzene rings is 2. The molecule has 1 saturated heterocycles. The summed E-state index contributed by atoms with van der Waals surface area (Å²) in [6.45, 7) is 1.54. The zero-order chi connectivity index (χ0) is 21.0. The van der Waals surface area contributed by atoms with Crippen LogP contribution in [0, 0.1) is 0 Å². The Morgan fingerprint density at radius 3 is 2.27 bits per heavy atom. The van der Waals surface area contributed by atoms with Crippen LogP contribution in [0.3, 0.4) is 0 Å². The van der Waals surface area contributed by atoms with E-state index in [2.05, 4.69) is 4.98 Å². The minimum absolute atomic E-state index is 0.000461.